The van der Waals surface area contributed by atoms with Crippen molar-refractivity contribution >= 4 is 28.4 Å². The van der Waals surface area contributed by atoms with Gasteiger partial charge in [-0.3, -0.25) is 4.57 Å². The lowest BCUT2D eigenvalue weighted by Gasteiger charge is -2.29. The summed E-state index contributed by atoms with van der Waals surface area (Å²) in [6.45, 7) is 3.19. The lowest BCUT2D eigenvalue weighted by molar-refractivity contribution is -0.118. The second-order valence-electron chi connectivity index (χ2n) is 8.38. The maximum Gasteiger partial charge on any atom is 0.297 e. The number of hydrogen-bond donors (Lipinski definition) is 0. The Morgan fingerprint density at radius 2 is 1.91 bits per heavy atom. The van der Waals surface area contributed by atoms with Crippen LogP contribution < -0.4 is 9.47 Å². The molecule has 2 aromatic rings. The first kappa shape index (κ1) is 24.6. The quantitative estimate of drug-likeness (QED) is 0.463. The van der Waals surface area contributed by atoms with E-state index in [4.69, 9.17) is 25.8 Å². The molecule has 1 atom stereocenters. The van der Waals surface area contributed by atoms with Gasteiger partial charge in [0.05, 0.1) is 11.1 Å². The summed E-state index contributed by atoms with van der Waals surface area (Å²) in [7, 11) is 1.58. The Bertz CT molecular complexity index is 945. The van der Waals surface area contributed by atoms with Crippen LogP contribution >= 0.6 is 11.6 Å². The second kappa shape index (κ2) is 10.7. The first-order valence-electron chi connectivity index (χ1n) is 10.7. The molecule has 3 rings (SSSR count). The minimum absolute atomic E-state index is 0.0354. The highest BCUT2D eigenvalue weighted by atomic mass is 35.5. The molecule has 6 nitrogen and oxygen atoms in total. The van der Waals surface area contributed by atoms with Gasteiger partial charge in [-0.25, -0.2) is 13.2 Å². The fourth-order valence-electron chi connectivity index (χ4n) is 3.94. The van der Waals surface area contributed by atoms with E-state index in [1.165, 1.54) is 4.57 Å². The van der Waals surface area contributed by atoms with Crippen molar-refractivity contribution < 1.29 is 32.2 Å². The van der Waals surface area contributed by atoms with E-state index in [2.05, 4.69) is 4.98 Å². The van der Waals surface area contributed by atoms with Crippen LogP contribution in [0, 0.1) is 11.7 Å². The average molecular weight is 477 g/mol. The zero-order valence-electron chi connectivity index (χ0n) is 18.4. The van der Waals surface area contributed by atoms with Crippen molar-refractivity contribution in [3.8, 4) is 11.8 Å². The predicted molar refractivity (Wildman–Crippen MR) is 114 cm³/mol. The number of halogens is 4. The molecule has 1 aromatic carbocycles. The van der Waals surface area contributed by atoms with Crippen LogP contribution in [0.15, 0.2) is 6.07 Å². The Morgan fingerprint density at radius 3 is 2.53 bits per heavy atom. The Morgan fingerprint density at radius 1 is 1.25 bits per heavy atom. The molecule has 0 N–H and O–H groups in total. The first-order valence-corrected chi connectivity index (χ1v) is 11.1. The molecule has 1 saturated carbocycles. The number of benzene rings is 1. The van der Waals surface area contributed by atoms with Crippen LogP contribution in [0.5, 0.6) is 11.8 Å². The van der Waals surface area contributed by atoms with Gasteiger partial charge >= 0.3 is 0 Å². The minimum Gasteiger partial charge on any atom is -0.484 e. The molecule has 0 unspecified atom stereocenters. The molecule has 1 aliphatic rings. The minimum atomic E-state index is -2.73. The number of carbonyl (C=O) groups excluding carboxylic acids is 1. The third kappa shape index (κ3) is 6.07. The highest BCUT2D eigenvalue weighted by molar-refractivity contribution is 6.35. The molecular formula is C22H28ClF3N2O4. The lowest BCUT2D eigenvalue weighted by atomic mass is 9.95. The van der Waals surface area contributed by atoms with Crippen LogP contribution in [0.2, 0.25) is 5.02 Å². The molecule has 10 heteroatoms. The van der Waals surface area contributed by atoms with Crippen LogP contribution in [-0.2, 0) is 16.6 Å². The first-order chi connectivity index (χ1) is 15.2. The molecule has 178 valence electrons. The monoisotopic (exact) mass is 476 g/mol. The molecule has 0 aliphatic heterocycles. The number of rotatable bonds is 10. The number of Topliss-reactive ketones (excluding diaryl/α,β-unsaturated/α-hetero) is 1. The standard InChI is InChI=1S/C22H28ClF3N2O4/c1-12(8-13(2)29)10-30-14-4-6-15(7-5-14)32-22-27-20-16(23)9-17(31-11-18(24)25)19(26)21(20)28(22)3/h9,12,14-15,18H,4-8,10-11H2,1-3H3/t12-,14?,15?/m1/s1. The van der Waals surface area contributed by atoms with Crippen molar-refractivity contribution in [2.24, 2.45) is 13.0 Å². The Hall–Kier alpha value is -2.00. The summed E-state index contributed by atoms with van der Waals surface area (Å²) in [5.74, 6) is -0.818. The van der Waals surface area contributed by atoms with E-state index in [9.17, 15) is 18.0 Å². The summed E-state index contributed by atoms with van der Waals surface area (Å²) in [6.07, 6.45) is 0.888. The van der Waals surface area contributed by atoms with Gasteiger partial charge in [0.2, 0.25) is 0 Å². The maximum atomic E-state index is 14.9. The SMILES string of the molecule is CC(=O)C[C@@H](C)COC1CCC(Oc2nc3c(Cl)cc(OCC(F)F)c(F)c3n2C)CC1. The number of aryl methyl sites for hydroxylation is 1. The molecule has 1 fully saturated rings. The molecular weight excluding hydrogens is 449 g/mol. The van der Waals surface area contributed by atoms with Crippen LogP contribution in [0.4, 0.5) is 13.2 Å². The number of hydrogen-bond acceptors (Lipinski definition) is 5. The van der Waals surface area contributed by atoms with E-state index in [-0.39, 0.29) is 51.7 Å². The van der Waals surface area contributed by atoms with E-state index >= 15 is 0 Å². The van der Waals surface area contributed by atoms with Gasteiger partial charge in [0.1, 0.15) is 29.5 Å². The predicted octanol–water partition coefficient (Wildman–Crippen LogP) is 5.33. The zero-order valence-corrected chi connectivity index (χ0v) is 19.1. The van der Waals surface area contributed by atoms with Crippen molar-refractivity contribution in [2.45, 2.75) is 64.6 Å². The van der Waals surface area contributed by atoms with Crippen LogP contribution in [0.3, 0.4) is 0 Å². The molecule has 0 spiro atoms. The van der Waals surface area contributed by atoms with Gasteiger partial charge in [-0.15, -0.1) is 0 Å². The summed E-state index contributed by atoms with van der Waals surface area (Å²) in [5, 5.41) is 0.0907. The molecule has 1 aromatic heterocycles. The van der Waals surface area contributed by atoms with E-state index in [1.54, 1.807) is 14.0 Å². The Labute approximate surface area is 190 Å². The van der Waals surface area contributed by atoms with Crippen molar-refractivity contribution in [1.29, 1.82) is 0 Å². The number of ether oxygens (including phenoxy) is 3. The van der Waals surface area contributed by atoms with Crippen LogP contribution in [0.1, 0.15) is 46.0 Å². The molecule has 1 heterocycles. The average Bonchev–Trinajstić information content (AvgIpc) is 3.05. The van der Waals surface area contributed by atoms with E-state index in [1.807, 2.05) is 6.92 Å². The zero-order chi connectivity index (χ0) is 23.4. The number of aromatic nitrogens is 2. The van der Waals surface area contributed by atoms with Crippen LogP contribution in [-0.4, -0.2) is 47.2 Å². The highest BCUT2D eigenvalue weighted by Crippen LogP contribution is 2.36. The summed E-state index contributed by atoms with van der Waals surface area (Å²) in [6, 6.07) is 1.35. The summed E-state index contributed by atoms with van der Waals surface area (Å²) in [4.78, 5) is 15.5. The Balaban J connectivity index is 1.62. The maximum absolute atomic E-state index is 14.9. The normalized spacial score (nSPS) is 20.0. The van der Waals surface area contributed by atoms with E-state index < -0.39 is 18.8 Å². The van der Waals surface area contributed by atoms with Gasteiger partial charge in [-0.2, -0.15) is 4.98 Å². The molecule has 0 saturated heterocycles. The van der Waals surface area contributed by atoms with Crippen molar-refractivity contribution in [3.05, 3.63) is 16.9 Å². The number of ketones is 1. The fraction of sp³-hybridized carbons (Fsp3) is 0.636. The van der Waals surface area contributed by atoms with Gasteiger partial charge in [-0.1, -0.05) is 18.5 Å². The summed E-state index contributed by atoms with van der Waals surface area (Å²) >= 11 is 6.19. The third-order valence-corrected chi connectivity index (χ3v) is 5.76. The number of carbonyl (C=O) groups is 1. The number of alkyl halides is 2. The van der Waals surface area contributed by atoms with Gasteiger partial charge < -0.3 is 19.0 Å². The van der Waals surface area contributed by atoms with Gasteiger partial charge in [0, 0.05) is 26.1 Å². The third-order valence-electron chi connectivity index (χ3n) is 5.47. The van der Waals surface area contributed by atoms with Crippen molar-refractivity contribution in [2.75, 3.05) is 13.2 Å². The fourth-order valence-corrected chi connectivity index (χ4v) is 4.17. The van der Waals surface area contributed by atoms with E-state index in [0.717, 1.165) is 31.7 Å². The number of nitrogens with zero attached hydrogens (tertiary/aromatic N) is 2. The lowest BCUT2D eigenvalue weighted by Crippen LogP contribution is -2.30. The topological polar surface area (TPSA) is 62.6 Å². The molecule has 32 heavy (non-hydrogen) atoms. The van der Waals surface area contributed by atoms with Gasteiger partial charge in [0.25, 0.3) is 12.4 Å². The second-order valence-corrected chi connectivity index (χ2v) is 8.79. The smallest absolute Gasteiger partial charge is 0.297 e. The van der Waals surface area contributed by atoms with Crippen LogP contribution in [0.25, 0.3) is 11.0 Å². The molecule has 0 amide bonds. The number of imidazole rings is 1. The molecule has 0 radical (unpaired) electrons. The molecule has 1 aliphatic carbocycles. The van der Waals surface area contributed by atoms with Crippen molar-refractivity contribution in [3.63, 3.8) is 0 Å². The largest absolute Gasteiger partial charge is 0.484 e. The van der Waals surface area contributed by atoms with Crippen molar-refractivity contribution in [1.82, 2.24) is 9.55 Å². The molecule has 0 bridgehead atoms. The van der Waals surface area contributed by atoms with E-state index in [0.29, 0.717) is 13.0 Å². The highest BCUT2D eigenvalue weighted by Gasteiger charge is 2.27. The van der Waals surface area contributed by atoms with Gasteiger partial charge in [-0.05, 0) is 38.5 Å². The van der Waals surface area contributed by atoms with Gasteiger partial charge in [0.15, 0.2) is 11.6 Å². The summed E-state index contributed by atoms with van der Waals surface area (Å²) < 4.78 is 57.9. The Kier molecular flexibility index (Phi) is 8.27. The summed E-state index contributed by atoms with van der Waals surface area (Å²) in [5.41, 5.74) is 0.218. The number of fused-ring (bicyclic) bond motifs is 1.